The first-order valence-corrected chi connectivity index (χ1v) is 5.94. The smallest absolute Gasteiger partial charge is 0.270 e. The van der Waals surface area contributed by atoms with Crippen LogP contribution in [-0.2, 0) is 0 Å². The minimum absolute atomic E-state index is 0.0343. The summed E-state index contributed by atoms with van der Waals surface area (Å²) in [7, 11) is 0. The van der Waals surface area contributed by atoms with E-state index in [0.717, 1.165) is 10.9 Å². The van der Waals surface area contributed by atoms with Gasteiger partial charge in [0, 0.05) is 18.5 Å². The molecule has 0 saturated heterocycles. The third-order valence-electron chi connectivity index (χ3n) is 2.94. The van der Waals surface area contributed by atoms with Crippen molar-refractivity contribution in [3.8, 4) is 0 Å². The van der Waals surface area contributed by atoms with Crippen molar-refractivity contribution >= 4 is 22.5 Å². The summed E-state index contributed by atoms with van der Waals surface area (Å²) in [4.78, 5) is 17.1. The van der Waals surface area contributed by atoms with Crippen molar-refractivity contribution in [2.24, 2.45) is 0 Å². The SMILES string of the molecule is C=CCN(CC)C(=O)c1cc2cccc(N)c2[nH]1. The molecule has 2 rings (SSSR count). The van der Waals surface area contributed by atoms with Gasteiger partial charge in [0.2, 0.25) is 0 Å². The van der Waals surface area contributed by atoms with Crippen LogP contribution in [0.25, 0.3) is 10.9 Å². The standard InChI is InChI=1S/C14H17N3O/c1-3-8-17(4-2)14(18)12-9-10-6-5-7-11(15)13(10)16-12/h3,5-7,9,16H,1,4,8,15H2,2H3. The molecule has 94 valence electrons. The Labute approximate surface area is 106 Å². The molecular weight excluding hydrogens is 226 g/mol. The number of carbonyl (C=O) groups is 1. The Bertz CT molecular complexity index is 586. The molecule has 1 aromatic carbocycles. The number of hydrogen-bond donors (Lipinski definition) is 2. The fourth-order valence-corrected chi connectivity index (χ4v) is 1.98. The van der Waals surface area contributed by atoms with Gasteiger partial charge in [-0.15, -0.1) is 6.58 Å². The molecule has 4 heteroatoms. The van der Waals surface area contributed by atoms with Crippen molar-refractivity contribution in [1.82, 2.24) is 9.88 Å². The Hall–Kier alpha value is -2.23. The molecule has 0 spiro atoms. The monoisotopic (exact) mass is 243 g/mol. The van der Waals surface area contributed by atoms with Gasteiger partial charge in [-0.1, -0.05) is 18.2 Å². The average Bonchev–Trinajstić information content (AvgIpc) is 2.80. The van der Waals surface area contributed by atoms with Crippen molar-refractivity contribution in [1.29, 1.82) is 0 Å². The summed E-state index contributed by atoms with van der Waals surface area (Å²) in [5.74, 6) is -0.0343. The summed E-state index contributed by atoms with van der Waals surface area (Å²) >= 11 is 0. The lowest BCUT2D eigenvalue weighted by Crippen LogP contribution is -2.31. The van der Waals surface area contributed by atoms with Gasteiger partial charge >= 0.3 is 0 Å². The van der Waals surface area contributed by atoms with Crippen LogP contribution < -0.4 is 5.73 Å². The molecule has 0 bridgehead atoms. The molecule has 0 atom stereocenters. The molecule has 4 nitrogen and oxygen atoms in total. The first-order valence-electron chi connectivity index (χ1n) is 5.94. The van der Waals surface area contributed by atoms with E-state index < -0.39 is 0 Å². The van der Waals surface area contributed by atoms with Crippen LogP contribution in [-0.4, -0.2) is 28.9 Å². The lowest BCUT2D eigenvalue weighted by molar-refractivity contribution is 0.0777. The third-order valence-corrected chi connectivity index (χ3v) is 2.94. The van der Waals surface area contributed by atoms with Crippen LogP contribution in [0.15, 0.2) is 36.9 Å². The maximum atomic E-state index is 12.3. The zero-order chi connectivity index (χ0) is 13.1. The number of benzene rings is 1. The number of hydrogen-bond acceptors (Lipinski definition) is 2. The van der Waals surface area contributed by atoms with Gasteiger partial charge in [0.15, 0.2) is 0 Å². The average molecular weight is 243 g/mol. The number of amides is 1. The Balaban J connectivity index is 2.39. The number of nitrogens with two attached hydrogens (primary N) is 1. The van der Waals surface area contributed by atoms with Gasteiger partial charge in [-0.3, -0.25) is 4.79 Å². The van der Waals surface area contributed by atoms with E-state index in [9.17, 15) is 4.79 Å². The summed E-state index contributed by atoms with van der Waals surface area (Å²) in [6.45, 7) is 6.79. The zero-order valence-corrected chi connectivity index (χ0v) is 10.4. The highest BCUT2D eigenvalue weighted by Crippen LogP contribution is 2.21. The molecule has 18 heavy (non-hydrogen) atoms. The molecule has 0 aliphatic rings. The fourth-order valence-electron chi connectivity index (χ4n) is 1.98. The number of likely N-dealkylation sites (N-methyl/N-ethyl adjacent to an activating group) is 1. The summed E-state index contributed by atoms with van der Waals surface area (Å²) in [5, 5.41) is 0.952. The Morgan fingerprint density at radius 1 is 1.56 bits per heavy atom. The molecule has 0 aliphatic heterocycles. The third kappa shape index (κ3) is 2.09. The fraction of sp³-hybridized carbons (Fsp3) is 0.214. The van der Waals surface area contributed by atoms with Crippen LogP contribution >= 0.6 is 0 Å². The lowest BCUT2D eigenvalue weighted by Gasteiger charge is -2.17. The van der Waals surface area contributed by atoms with Gasteiger partial charge in [-0.2, -0.15) is 0 Å². The van der Waals surface area contributed by atoms with Gasteiger partial charge in [-0.25, -0.2) is 0 Å². The van der Waals surface area contributed by atoms with Crippen LogP contribution in [0.3, 0.4) is 0 Å². The molecule has 1 amide bonds. The highest BCUT2D eigenvalue weighted by molar-refractivity contribution is 6.00. The van der Waals surface area contributed by atoms with E-state index in [2.05, 4.69) is 11.6 Å². The number of nitrogens with one attached hydrogen (secondary N) is 1. The number of carbonyl (C=O) groups excluding carboxylic acids is 1. The highest BCUT2D eigenvalue weighted by atomic mass is 16.2. The lowest BCUT2D eigenvalue weighted by atomic mass is 10.2. The Morgan fingerprint density at radius 2 is 2.33 bits per heavy atom. The molecule has 0 fully saturated rings. The highest BCUT2D eigenvalue weighted by Gasteiger charge is 2.15. The van der Waals surface area contributed by atoms with E-state index in [1.54, 1.807) is 11.0 Å². The topological polar surface area (TPSA) is 62.1 Å². The molecule has 0 radical (unpaired) electrons. The Morgan fingerprint density at radius 3 is 2.94 bits per heavy atom. The largest absolute Gasteiger partial charge is 0.397 e. The summed E-state index contributed by atoms with van der Waals surface area (Å²) in [6.07, 6.45) is 1.72. The van der Waals surface area contributed by atoms with Gasteiger partial charge in [0.1, 0.15) is 5.69 Å². The maximum Gasteiger partial charge on any atom is 0.270 e. The minimum Gasteiger partial charge on any atom is -0.397 e. The summed E-state index contributed by atoms with van der Waals surface area (Å²) in [6, 6.07) is 7.46. The van der Waals surface area contributed by atoms with Gasteiger partial charge < -0.3 is 15.6 Å². The van der Waals surface area contributed by atoms with E-state index in [4.69, 9.17) is 5.73 Å². The van der Waals surface area contributed by atoms with Crippen LogP contribution in [0.1, 0.15) is 17.4 Å². The van der Waals surface area contributed by atoms with Crippen LogP contribution in [0, 0.1) is 0 Å². The van der Waals surface area contributed by atoms with Gasteiger partial charge in [0.05, 0.1) is 11.2 Å². The van der Waals surface area contributed by atoms with E-state index in [1.807, 2.05) is 31.2 Å². The minimum atomic E-state index is -0.0343. The number of fused-ring (bicyclic) bond motifs is 1. The summed E-state index contributed by atoms with van der Waals surface area (Å²) < 4.78 is 0. The van der Waals surface area contributed by atoms with Crippen molar-refractivity contribution in [2.45, 2.75) is 6.92 Å². The number of nitrogens with zero attached hydrogens (tertiary/aromatic N) is 1. The van der Waals surface area contributed by atoms with E-state index in [0.29, 0.717) is 24.5 Å². The molecule has 0 saturated carbocycles. The maximum absolute atomic E-state index is 12.3. The number of rotatable bonds is 4. The second kappa shape index (κ2) is 4.96. The van der Waals surface area contributed by atoms with E-state index in [1.165, 1.54) is 0 Å². The number of aromatic nitrogens is 1. The van der Waals surface area contributed by atoms with E-state index >= 15 is 0 Å². The first kappa shape index (κ1) is 12.2. The van der Waals surface area contributed by atoms with Crippen LogP contribution in [0.2, 0.25) is 0 Å². The van der Waals surface area contributed by atoms with Gasteiger partial charge in [-0.05, 0) is 19.1 Å². The number of nitrogen functional groups attached to an aromatic ring is 1. The van der Waals surface area contributed by atoms with Crippen molar-refractivity contribution in [2.75, 3.05) is 18.8 Å². The number of aromatic amines is 1. The van der Waals surface area contributed by atoms with Crippen molar-refractivity contribution in [3.05, 3.63) is 42.6 Å². The molecule has 0 unspecified atom stereocenters. The molecule has 3 N–H and O–H groups in total. The van der Waals surface area contributed by atoms with Crippen molar-refractivity contribution in [3.63, 3.8) is 0 Å². The molecular formula is C14H17N3O. The quantitative estimate of drug-likeness (QED) is 0.639. The Kier molecular flexibility index (Phi) is 3.37. The molecule has 2 aromatic rings. The zero-order valence-electron chi connectivity index (χ0n) is 10.4. The number of para-hydroxylation sites is 1. The normalized spacial score (nSPS) is 10.5. The van der Waals surface area contributed by atoms with Gasteiger partial charge in [0.25, 0.3) is 5.91 Å². The predicted octanol–water partition coefficient (Wildman–Crippen LogP) is 2.40. The van der Waals surface area contributed by atoms with Crippen molar-refractivity contribution < 1.29 is 4.79 Å². The van der Waals surface area contributed by atoms with Crippen LogP contribution in [0.4, 0.5) is 5.69 Å². The second-order valence-corrected chi connectivity index (χ2v) is 4.13. The molecule has 1 heterocycles. The first-order chi connectivity index (χ1) is 8.67. The predicted molar refractivity (Wildman–Crippen MR) is 74.5 cm³/mol. The van der Waals surface area contributed by atoms with Crippen LogP contribution in [0.5, 0.6) is 0 Å². The molecule has 0 aliphatic carbocycles. The van der Waals surface area contributed by atoms with E-state index in [-0.39, 0.29) is 5.91 Å². The molecule has 1 aromatic heterocycles. The second-order valence-electron chi connectivity index (χ2n) is 4.13. The number of H-pyrrole nitrogens is 1. The summed E-state index contributed by atoms with van der Waals surface area (Å²) in [5.41, 5.74) is 7.89. The number of anilines is 1.